The molecule has 4 rings (SSSR count). The summed E-state index contributed by atoms with van der Waals surface area (Å²) in [7, 11) is 0. The average Bonchev–Trinajstić information content (AvgIpc) is 3.34. The second kappa shape index (κ2) is 6.72. The first-order chi connectivity index (χ1) is 12.2. The highest BCUT2D eigenvalue weighted by Gasteiger charge is 2.27. The summed E-state index contributed by atoms with van der Waals surface area (Å²) in [5.41, 5.74) is 1.36. The molecule has 0 bridgehead atoms. The SMILES string of the molecule is Cc1ccc(F)c(-n2nnnc2CN2CCCC2Cn2cccn2)c1. The predicted octanol–water partition coefficient (Wildman–Crippen LogP) is 1.97. The molecule has 2 aromatic heterocycles. The number of rotatable bonds is 5. The maximum absolute atomic E-state index is 14.2. The van der Waals surface area contributed by atoms with Crippen LogP contribution in [0, 0.1) is 12.7 Å². The van der Waals surface area contributed by atoms with Gasteiger partial charge in [-0.3, -0.25) is 9.58 Å². The van der Waals surface area contributed by atoms with E-state index >= 15 is 0 Å². The van der Waals surface area contributed by atoms with Crippen LogP contribution in [0.3, 0.4) is 0 Å². The van der Waals surface area contributed by atoms with E-state index in [4.69, 9.17) is 0 Å². The number of likely N-dealkylation sites (tertiary alicyclic amines) is 1. The molecule has 7 nitrogen and oxygen atoms in total. The maximum atomic E-state index is 14.2. The Hall–Kier alpha value is -2.61. The number of hydrogen-bond donors (Lipinski definition) is 0. The Bertz CT molecular complexity index is 843. The first-order valence-electron chi connectivity index (χ1n) is 8.46. The average molecular weight is 341 g/mol. The fraction of sp³-hybridized carbons (Fsp3) is 0.412. The Morgan fingerprint density at radius 3 is 3.08 bits per heavy atom. The quantitative estimate of drug-likeness (QED) is 0.710. The van der Waals surface area contributed by atoms with Gasteiger partial charge in [0.25, 0.3) is 0 Å². The molecule has 1 unspecified atom stereocenters. The number of aryl methyl sites for hydroxylation is 1. The van der Waals surface area contributed by atoms with Gasteiger partial charge in [0.05, 0.1) is 13.1 Å². The second-order valence-electron chi connectivity index (χ2n) is 6.46. The topological polar surface area (TPSA) is 64.7 Å². The molecular formula is C17H20FN7. The van der Waals surface area contributed by atoms with Gasteiger partial charge >= 0.3 is 0 Å². The highest BCUT2D eigenvalue weighted by Crippen LogP contribution is 2.22. The van der Waals surface area contributed by atoms with Crippen LogP contribution in [0.1, 0.15) is 24.2 Å². The normalized spacial score (nSPS) is 18.1. The van der Waals surface area contributed by atoms with E-state index in [9.17, 15) is 4.39 Å². The lowest BCUT2D eigenvalue weighted by atomic mass is 10.2. The maximum Gasteiger partial charge on any atom is 0.170 e. The third kappa shape index (κ3) is 3.30. The van der Waals surface area contributed by atoms with Crippen molar-refractivity contribution in [2.24, 2.45) is 0 Å². The van der Waals surface area contributed by atoms with E-state index in [-0.39, 0.29) is 5.82 Å². The molecule has 130 valence electrons. The van der Waals surface area contributed by atoms with E-state index in [0.29, 0.717) is 24.1 Å². The number of hydrogen-bond acceptors (Lipinski definition) is 5. The van der Waals surface area contributed by atoms with Crippen molar-refractivity contribution < 1.29 is 4.39 Å². The number of tetrazole rings is 1. The van der Waals surface area contributed by atoms with Gasteiger partial charge in [-0.15, -0.1) is 5.10 Å². The minimum atomic E-state index is -0.325. The van der Waals surface area contributed by atoms with E-state index in [2.05, 4.69) is 25.5 Å². The first kappa shape index (κ1) is 15.9. The summed E-state index contributed by atoms with van der Waals surface area (Å²) in [4.78, 5) is 2.34. The van der Waals surface area contributed by atoms with Crippen molar-refractivity contribution >= 4 is 0 Å². The van der Waals surface area contributed by atoms with Crippen molar-refractivity contribution in [1.29, 1.82) is 0 Å². The van der Waals surface area contributed by atoms with Crippen LogP contribution in [0.15, 0.2) is 36.7 Å². The molecule has 25 heavy (non-hydrogen) atoms. The number of aromatic nitrogens is 6. The zero-order valence-electron chi connectivity index (χ0n) is 14.1. The summed E-state index contributed by atoms with van der Waals surface area (Å²) in [5, 5.41) is 16.2. The van der Waals surface area contributed by atoms with Crippen LogP contribution < -0.4 is 0 Å². The summed E-state index contributed by atoms with van der Waals surface area (Å²) in [6, 6.07) is 7.27. The summed E-state index contributed by atoms with van der Waals surface area (Å²) in [6.45, 7) is 4.34. The summed E-state index contributed by atoms with van der Waals surface area (Å²) in [6.07, 6.45) is 6.01. The number of nitrogens with zero attached hydrogens (tertiary/aromatic N) is 7. The van der Waals surface area contributed by atoms with Crippen LogP contribution in [0.4, 0.5) is 4.39 Å². The van der Waals surface area contributed by atoms with Crippen LogP contribution in [0.2, 0.25) is 0 Å². The molecule has 0 saturated carbocycles. The minimum Gasteiger partial charge on any atom is -0.291 e. The molecule has 0 N–H and O–H groups in total. The lowest BCUT2D eigenvalue weighted by Crippen LogP contribution is -2.33. The standard InChI is InChI=1S/C17H20FN7/c1-13-5-6-15(18)16(10-13)25-17(20-21-22-25)12-23-8-2-4-14(23)11-24-9-3-7-19-24/h3,5-7,9-10,14H,2,4,8,11-12H2,1H3. The van der Waals surface area contributed by atoms with Crippen molar-refractivity contribution in [1.82, 2.24) is 34.9 Å². The first-order valence-corrected chi connectivity index (χ1v) is 8.46. The molecule has 1 aliphatic rings. The largest absolute Gasteiger partial charge is 0.291 e. The van der Waals surface area contributed by atoms with Crippen molar-refractivity contribution in [2.45, 2.75) is 38.9 Å². The smallest absolute Gasteiger partial charge is 0.170 e. The van der Waals surface area contributed by atoms with E-state index in [1.54, 1.807) is 18.3 Å². The second-order valence-corrected chi connectivity index (χ2v) is 6.46. The summed E-state index contributed by atoms with van der Waals surface area (Å²) < 4.78 is 17.7. The number of benzene rings is 1. The van der Waals surface area contributed by atoms with Gasteiger partial charge in [0.1, 0.15) is 11.5 Å². The molecule has 1 fully saturated rings. The number of halogens is 1. The molecule has 1 aliphatic heterocycles. The van der Waals surface area contributed by atoms with Crippen LogP contribution >= 0.6 is 0 Å². The van der Waals surface area contributed by atoms with Gasteiger partial charge in [0, 0.05) is 18.4 Å². The van der Waals surface area contributed by atoms with Gasteiger partial charge in [-0.05, 0) is 60.5 Å². The Labute approximate surface area is 145 Å². The molecule has 1 atom stereocenters. The van der Waals surface area contributed by atoms with Gasteiger partial charge in [0.15, 0.2) is 5.82 Å². The van der Waals surface area contributed by atoms with Gasteiger partial charge in [-0.2, -0.15) is 9.78 Å². The molecule has 0 aliphatic carbocycles. The van der Waals surface area contributed by atoms with Crippen LogP contribution in [-0.4, -0.2) is 47.5 Å². The predicted molar refractivity (Wildman–Crippen MR) is 89.5 cm³/mol. The molecule has 1 aromatic carbocycles. The van der Waals surface area contributed by atoms with Gasteiger partial charge in [-0.1, -0.05) is 6.07 Å². The van der Waals surface area contributed by atoms with Crippen molar-refractivity contribution in [3.05, 3.63) is 53.9 Å². The lowest BCUT2D eigenvalue weighted by molar-refractivity contribution is 0.212. The summed E-state index contributed by atoms with van der Waals surface area (Å²) >= 11 is 0. The third-order valence-corrected chi connectivity index (χ3v) is 4.66. The molecule has 0 spiro atoms. The Morgan fingerprint density at radius 2 is 2.24 bits per heavy atom. The zero-order chi connectivity index (χ0) is 17.2. The Kier molecular flexibility index (Phi) is 4.27. The van der Waals surface area contributed by atoms with E-state index in [1.807, 2.05) is 23.9 Å². The van der Waals surface area contributed by atoms with Crippen LogP contribution in [0.25, 0.3) is 5.69 Å². The van der Waals surface area contributed by atoms with Gasteiger partial charge < -0.3 is 0 Å². The molecule has 1 saturated heterocycles. The van der Waals surface area contributed by atoms with Crippen LogP contribution in [0.5, 0.6) is 0 Å². The molecular weight excluding hydrogens is 321 g/mol. The fourth-order valence-electron chi connectivity index (χ4n) is 3.39. The molecule has 3 heterocycles. The molecule has 0 amide bonds. The lowest BCUT2D eigenvalue weighted by Gasteiger charge is -2.23. The summed E-state index contributed by atoms with van der Waals surface area (Å²) in [5.74, 6) is 0.325. The highest BCUT2D eigenvalue weighted by atomic mass is 19.1. The Morgan fingerprint density at radius 1 is 1.32 bits per heavy atom. The van der Waals surface area contributed by atoms with Crippen molar-refractivity contribution in [3.63, 3.8) is 0 Å². The van der Waals surface area contributed by atoms with E-state index in [0.717, 1.165) is 31.5 Å². The van der Waals surface area contributed by atoms with Crippen molar-refractivity contribution in [2.75, 3.05) is 6.54 Å². The van der Waals surface area contributed by atoms with Crippen molar-refractivity contribution in [3.8, 4) is 5.69 Å². The molecule has 0 radical (unpaired) electrons. The molecule has 8 heteroatoms. The van der Waals surface area contributed by atoms with E-state index in [1.165, 1.54) is 10.7 Å². The minimum absolute atomic E-state index is 0.325. The van der Waals surface area contributed by atoms with Crippen LogP contribution in [-0.2, 0) is 13.1 Å². The van der Waals surface area contributed by atoms with Gasteiger partial charge in [-0.25, -0.2) is 4.39 Å². The van der Waals surface area contributed by atoms with E-state index < -0.39 is 0 Å². The van der Waals surface area contributed by atoms with Gasteiger partial charge in [0.2, 0.25) is 0 Å². The molecule has 3 aromatic rings. The monoisotopic (exact) mass is 341 g/mol. The fourth-order valence-corrected chi connectivity index (χ4v) is 3.39. The third-order valence-electron chi connectivity index (χ3n) is 4.66. The Balaban J connectivity index is 1.55. The highest BCUT2D eigenvalue weighted by molar-refractivity contribution is 5.36. The zero-order valence-corrected chi connectivity index (χ0v) is 14.1.